The van der Waals surface area contributed by atoms with E-state index in [0.717, 1.165) is 24.1 Å². The van der Waals surface area contributed by atoms with E-state index in [0.29, 0.717) is 6.04 Å². The summed E-state index contributed by atoms with van der Waals surface area (Å²) in [6.07, 6.45) is 2.61. The molecule has 2 nitrogen and oxygen atoms in total. The molecule has 2 atom stereocenters. The zero-order chi connectivity index (χ0) is 9.84. The fraction of sp³-hybridized carbons (Fsp3) is 0.900. The normalized spacial score (nSPS) is 28.7. The van der Waals surface area contributed by atoms with E-state index in [1.165, 1.54) is 12.8 Å². The van der Waals surface area contributed by atoms with Gasteiger partial charge in [0, 0.05) is 19.1 Å². The van der Waals surface area contributed by atoms with Crippen molar-refractivity contribution in [2.45, 2.75) is 39.7 Å². The van der Waals surface area contributed by atoms with E-state index in [2.05, 4.69) is 31.0 Å². The van der Waals surface area contributed by atoms with Gasteiger partial charge in [0.15, 0.2) is 5.11 Å². The highest BCUT2D eigenvalue weighted by Gasteiger charge is 2.25. The van der Waals surface area contributed by atoms with E-state index in [-0.39, 0.29) is 0 Å². The Balaban J connectivity index is 2.52. The minimum absolute atomic E-state index is 0.597. The zero-order valence-electron chi connectivity index (χ0n) is 8.84. The van der Waals surface area contributed by atoms with Gasteiger partial charge in [-0.2, -0.15) is 0 Å². The maximum absolute atomic E-state index is 5.32. The zero-order valence-corrected chi connectivity index (χ0v) is 9.66. The van der Waals surface area contributed by atoms with Crippen molar-refractivity contribution < 1.29 is 0 Å². The van der Waals surface area contributed by atoms with E-state index >= 15 is 0 Å². The van der Waals surface area contributed by atoms with E-state index in [9.17, 15) is 0 Å². The summed E-state index contributed by atoms with van der Waals surface area (Å²) in [5.74, 6) is 0.769. The number of likely N-dealkylation sites (tertiary alicyclic amines) is 1. The SMILES string of the molecule is CCNC(=S)N1CCCC(C)C1C. The molecule has 2 unspecified atom stereocenters. The second-order valence-corrected chi connectivity index (χ2v) is 4.28. The van der Waals surface area contributed by atoms with Gasteiger partial charge in [-0.25, -0.2) is 0 Å². The molecule has 1 fully saturated rings. The third-order valence-electron chi connectivity index (χ3n) is 2.96. The molecule has 13 heavy (non-hydrogen) atoms. The van der Waals surface area contributed by atoms with Crippen LogP contribution < -0.4 is 5.32 Å². The van der Waals surface area contributed by atoms with Gasteiger partial charge in [-0.05, 0) is 44.8 Å². The predicted molar refractivity (Wildman–Crippen MR) is 60.8 cm³/mol. The first-order valence-corrected chi connectivity index (χ1v) is 5.62. The molecule has 0 aliphatic carbocycles. The fourth-order valence-corrected chi connectivity index (χ4v) is 2.28. The van der Waals surface area contributed by atoms with Crippen LogP contribution in [0.4, 0.5) is 0 Å². The molecule has 1 aliphatic heterocycles. The first-order chi connectivity index (χ1) is 6.16. The van der Waals surface area contributed by atoms with Crippen molar-refractivity contribution in [2.24, 2.45) is 5.92 Å². The Labute approximate surface area is 86.7 Å². The van der Waals surface area contributed by atoms with Crippen molar-refractivity contribution >= 4 is 17.3 Å². The van der Waals surface area contributed by atoms with E-state index in [4.69, 9.17) is 12.2 Å². The van der Waals surface area contributed by atoms with Crippen LogP contribution >= 0.6 is 12.2 Å². The van der Waals surface area contributed by atoms with Crippen LogP contribution in [0.1, 0.15) is 33.6 Å². The summed E-state index contributed by atoms with van der Waals surface area (Å²) >= 11 is 5.32. The van der Waals surface area contributed by atoms with E-state index in [1.807, 2.05) is 0 Å². The molecule has 0 aromatic carbocycles. The smallest absolute Gasteiger partial charge is 0.169 e. The summed E-state index contributed by atoms with van der Waals surface area (Å²) < 4.78 is 0. The van der Waals surface area contributed by atoms with Crippen LogP contribution in [0.15, 0.2) is 0 Å². The third kappa shape index (κ3) is 2.56. The highest BCUT2D eigenvalue weighted by molar-refractivity contribution is 7.80. The van der Waals surface area contributed by atoms with Gasteiger partial charge < -0.3 is 10.2 Å². The highest BCUT2D eigenvalue weighted by Crippen LogP contribution is 2.22. The van der Waals surface area contributed by atoms with Gasteiger partial charge in [-0.3, -0.25) is 0 Å². The molecule has 1 N–H and O–H groups in total. The standard InChI is InChI=1S/C10H20N2S/c1-4-11-10(13)12-7-5-6-8(2)9(12)3/h8-9H,4-7H2,1-3H3,(H,11,13). The summed E-state index contributed by atoms with van der Waals surface area (Å²) in [6.45, 7) is 8.72. The van der Waals surface area contributed by atoms with Gasteiger partial charge in [0.2, 0.25) is 0 Å². The van der Waals surface area contributed by atoms with Crippen LogP contribution in [0.25, 0.3) is 0 Å². The molecule has 1 rings (SSSR count). The Morgan fingerprint density at radius 1 is 1.54 bits per heavy atom. The molecular formula is C10H20N2S. The maximum atomic E-state index is 5.32. The number of hydrogen-bond acceptors (Lipinski definition) is 1. The number of rotatable bonds is 1. The van der Waals surface area contributed by atoms with Crippen LogP contribution in [-0.4, -0.2) is 29.1 Å². The molecule has 1 heterocycles. The number of piperidine rings is 1. The Kier molecular flexibility index (Phi) is 3.97. The Bertz CT molecular complexity index is 182. The first kappa shape index (κ1) is 10.8. The minimum Gasteiger partial charge on any atom is -0.363 e. The van der Waals surface area contributed by atoms with Crippen LogP contribution in [0, 0.1) is 5.92 Å². The van der Waals surface area contributed by atoms with Crippen molar-refractivity contribution in [3.8, 4) is 0 Å². The first-order valence-electron chi connectivity index (χ1n) is 5.21. The summed E-state index contributed by atoms with van der Waals surface area (Å²) in [5.41, 5.74) is 0. The van der Waals surface area contributed by atoms with Crippen molar-refractivity contribution in [2.75, 3.05) is 13.1 Å². The molecule has 0 spiro atoms. The molecule has 0 aromatic heterocycles. The molecule has 0 radical (unpaired) electrons. The lowest BCUT2D eigenvalue weighted by molar-refractivity contribution is 0.190. The Hall–Kier alpha value is -0.310. The molecule has 0 amide bonds. The quantitative estimate of drug-likeness (QED) is 0.652. The van der Waals surface area contributed by atoms with Gasteiger partial charge in [0.1, 0.15) is 0 Å². The van der Waals surface area contributed by atoms with Crippen molar-refractivity contribution in [1.29, 1.82) is 0 Å². The van der Waals surface area contributed by atoms with Crippen LogP contribution in [0.3, 0.4) is 0 Å². The van der Waals surface area contributed by atoms with Crippen molar-refractivity contribution in [1.82, 2.24) is 10.2 Å². The lowest BCUT2D eigenvalue weighted by Crippen LogP contribution is -2.50. The second kappa shape index (κ2) is 4.80. The topological polar surface area (TPSA) is 15.3 Å². The van der Waals surface area contributed by atoms with Crippen LogP contribution in [-0.2, 0) is 0 Å². The van der Waals surface area contributed by atoms with Gasteiger partial charge in [0.25, 0.3) is 0 Å². The lowest BCUT2D eigenvalue weighted by atomic mass is 9.92. The van der Waals surface area contributed by atoms with Gasteiger partial charge in [-0.1, -0.05) is 6.92 Å². The average Bonchev–Trinajstić information content (AvgIpc) is 2.10. The maximum Gasteiger partial charge on any atom is 0.169 e. The van der Waals surface area contributed by atoms with Gasteiger partial charge in [-0.15, -0.1) is 0 Å². The molecular weight excluding hydrogens is 180 g/mol. The van der Waals surface area contributed by atoms with Gasteiger partial charge >= 0.3 is 0 Å². The number of nitrogens with zero attached hydrogens (tertiary/aromatic N) is 1. The lowest BCUT2D eigenvalue weighted by Gasteiger charge is -2.39. The molecule has 0 bridgehead atoms. The summed E-state index contributed by atoms with van der Waals surface area (Å²) in [7, 11) is 0. The average molecular weight is 200 g/mol. The van der Waals surface area contributed by atoms with E-state index < -0.39 is 0 Å². The van der Waals surface area contributed by atoms with Crippen LogP contribution in [0.2, 0.25) is 0 Å². The molecule has 76 valence electrons. The molecule has 1 aliphatic rings. The predicted octanol–water partition coefficient (Wildman–Crippen LogP) is 2.00. The Morgan fingerprint density at radius 3 is 2.85 bits per heavy atom. The molecule has 0 aromatic rings. The number of nitrogens with one attached hydrogen (secondary N) is 1. The number of thiocarbonyl (C=S) groups is 1. The fourth-order valence-electron chi connectivity index (χ4n) is 1.87. The van der Waals surface area contributed by atoms with E-state index in [1.54, 1.807) is 0 Å². The second-order valence-electron chi connectivity index (χ2n) is 3.89. The van der Waals surface area contributed by atoms with Crippen LogP contribution in [0.5, 0.6) is 0 Å². The Morgan fingerprint density at radius 2 is 2.23 bits per heavy atom. The minimum atomic E-state index is 0.597. The largest absolute Gasteiger partial charge is 0.363 e. The van der Waals surface area contributed by atoms with Gasteiger partial charge in [0.05, 0.1) is 0 Å². The van der Waals surface area contributed by atoms with Crippen molar-refractivity contribution in [3.63, 3.8) is 0 Å². The molecule has 0 saturated carbocycles. The highest BCUT2D eigenvalue weighted by atomic mass is 32.1. The molecule has 3 heteroatoms. The number of hydrogen-bond donors (Lipinski definition) is 1. The molecule has 1 saturated heterocycles. The monoisotopic (exact) mass is 200 g/mol. The summed E-state index contributed by atoms with van der Waals surface area (Å²) in [6, 6.07) is 0.597. The third-order valence-corrected chi connectivity index (χ3v) is 3.34. The van der Waals surface area contributed by atoms with Crippen molar-refractivity contribution in [3.05, 3.63) is 0 Å². The summed E-state index contributed by atoms with van der Waals surface area (Å²) in [4.78, 5) is 2.33. The summed E-state index contributed by atoms with van der Waals surface area (Å²) in [5, 5.41) is 4.16.